The number of rotatable bonds is 5. The maximum Gasteiger partial charge on any atom is 0.267 e. The highest BCUT2D eigenvalue weighted by molar-refractivity contribution is 5.93. The summed E-state index contributed by atoms with van der Waals surface area (Å²) in [6.45, 7) is 3.57. The summed E-state index contributed by atoms with van der Waals surface area (Å²) in [6, 6.07) is 8.35. The molecular weight excluding hydrogens is 448 g/mol. The summed E-state index contributed by atoms with van der Waals surface area (Å²) >= 11 is 0. The van der Waals surface area contributed by atoms with Crippen LogP contribution in [0.25, 0.3) is 27.8 Å². The number of fused-ring (bicyclic) bond motifs is 1. The number of hydrogen-bond acceptors (Lipinski definition) is 11. The molecule has 1 atom stereocenters. The van der Waals surface area contributed by atoms with Crippen molar-refractivity contribution >= 4 is 22.5 Å². The predicted molar refractivity (Wildman–Crippen MR) is 126 cm³/mol. The molecule has 3 N–H and O–H groups in total. The lowest BCUT2D eigenvalue weighted by molar-refractivity contribution is 0.415. The van der Waals surface area contributed by atoms with E-state index in [4.69, 9.17) is 15.2 Å². The smallest absolute Gasteiger partial charge is 0.267 e. The third-order valence-electron chi connectivity index (χ3n) is 5.40. The van der Waals surface area contributed by atoms with Gasteiger partial charge in [0.2, 0.25) is 0 Å². The Morgan fingerprint density at radius 1 is 1.17 bits per heavy atom. The van der Waals surface area contributed by atoms with Crippen LogP contribution < -0.4 is 16.6 Å². The SMILES string of the molecule is Cc1ncc(-c2cccc3nc([C@@H](C)Nc4ncnc(N)c4C#N)n(-c4ccon4)c(=O)c23)cn1. The molecule has 1 aromatic carbocycles. The zero-order valence-corrected chi connectivity index (χ0v) is 18.7. The number of nitrogens with one attached hydrogen (secondary N) is 1. The molecule has 0 aliphatic carbocycles. The van der Waals surface area contributed by atoms with E-state index < -0.39 is 6.04 Å². The molecule has 172 valence electrons. The van der Waals surface area contributed by atoms with Crippen LogP contribution in [0.3, 0.4) is 0 Å². The monoisotopic (exact) mass is 466 g/mol. The van der Waals surface area contributed by atoms with E-state index in [2.05, 4.69) is 30.4 Å². The number of benzene rings is 1. The van der Waals surface area contributed by atoms with Gasteiger partial charge in [-0.1, -0.05) is 17.3 Å². The van der Waals surface area contributed by atoms with Crippen LogP contribution in [0.1, 0.15) is 30.2 Å². The lowest BCUT2D eigenvalue weighted by Gasteiger charge is -2.20. The molecule has 0 unspecified atom stereocenters. The molecule has 0 spiro atoms. The van der Waals surface area contributed by atoms with Crippen molar-refractivity contribution in [2.75, 3.05) is 11.1 Å². The molecule has 0 aliphatic rings. The molecule has 0 amide bonds. The van der Waals surface area contributed by atoms with E-state index in [9.17, 15) is 10.1 Å². The standard InChI is InChI=1S/C23H18N10O2/c1-12(30-21-16(8-24)20(25)28-11-29-21)22-31-17-5-3-4-15(14-9-26-13(2)27-10-14)19(17)23(34)33(22)18-6-7-35-32-18/h3-7,9-12H,1-2H3,(H3,25,28,29,30)/t12-/m1/s1. The number of aryl methyl sites for hydroxylation is 1. The first kappa shape index (κ1) is 21.7. The average molecular weight is 466 g/mol. The molecule has 35 heavy (non-hydrogen) atoms. The van der Waals surface area contributed by atoms with Gasteiger partial charge in [-0.25, -0.2) is 29.5 Å². The lowest BCUT2D eigenvalue weighted by atomic mass is 10.0. The van der Waals surface area contributed by atoms with Gasteiger partial charge in [-0.2, -0.15) is 5.26 Å². The highest BCUT2D eigenvalue weighted by Gasteiger charge is 2.23. The van der Waals surface area contributed by atoms with Crippen molar-refractivity contribution in [1.82, 2.24) is 34.6 Å². The zero-order valence-electron chi connectivity index (χ0n) is 18.7. The second-order valence-corrected chi connectivity index (χ2v) is 7.65. The van der Waals surface area contributed by atoms with Gasteiger partial charge < -0.3 is 15.6 Å². The Labute approximate surface area is 198 Å². The fraction of sp³-hybridized carbons (Fsp3) is 0.130. The molecule has 4 heterocycles. The molecule has 5 aromatic rings. The fourth-order valence-electron chi connectivity index (χ4n) is 3.74. The molecular formula is C23H18N10O2. The van der Waals surface area contributed by atoms with Gasteiger partial charge in [-0.15, -0.1) is 0 Å². The highest BCUT2D eigenvalue weighted by Crippen LogP contribution is 2.28. The summed E-state index contributed by atoms with van der Waals surface area (Å²) in [6.07, 6.45) is 5.95. The van der Waals surface area contributed by atoms with E-state index in [1.165, 1.54) is 17.2 Å². The van der Waals surface area contributed by atoms with E-state index >= 15 is 0 Å². The number of nitrogens with two attached hydrogens (primary N) is 1. The highest BCUT2D eigenvalue weighted by atomic mass is 16.5. The van der Waals surface area contributed by atoms with Crippen LogP contribution in [-0.4, -0.2) is 34.6 Å². The Kier molecular flexibility index (Phi) is 5.34. The van der Waals surface area contributed by atoms with Crippen LogP contribution >= 0.6 is 0 Å². The molecule has 0 bridgehead atoms. The Hall–Kier alpha value is -5.18. The van der Waals surface area contributed by atoms with Gasteiger partial charge in [-0.05, 0) is 25.5 Å². The molecule has 0 saturated carbocycles. The number of anilines is 2. The molecule has 0 aliphatic heterocycles. The molecule has 12 heteroatoms. The van der Waals surface area contributed by atoms with Crippen LogP contribution in [0.15, 0.2) is 58.6 Å². The second-order valence-electron chi connectivity index (χ2n) is 7.65. The zero-order chi connectivity index (χ0) is 24.5. The lowest BCUT2D eigenvalue weighted by Crippen LogP contribution is -2.28. The fourth-order valence-corrected chi connectivity index (χ4v) is 3.74. The first-order chi connectivity index (χ1) is 17.0. The summed E-state index contributed by atoms with van der Waals surface area (Å²) in [5.74, 6) is 1.47. The Morgan fingerprint density at radius 2 is 1.97 bits per heavy atom. The summed E-state index contributed by atoms with van der Waals surface area (Å²) in [5, 5.41) is 16.9. The van der Waals surface area contributed by atoms with Gasteiger partial charge in [0, 0.05) is 24.0 Å². The Bertz CT molecular complexity index is 1640. The van der Waals surface area contributed by atoms with Crippen molar-refractivity contribution < 1.29 is 4.52 Å². The first-order valence-corrected chi connectivity index (χ1v) is 10.5. The topological polar surface area (TPSA) is 174 Å². The van der Waals surface area contributed by atoms with E-state index in [-0.39, 0.29) is 28.6 Å². The van der Waals surface area contributed by atoms with E-state index in [0.717, 1.165) is 0 Å². The van der Waals surface area contributed by atoms with Crippen LogP contribution in [0.2, 0.25) is 0 Å². The van der Waals surface area contributed by atoms with Crippen LogP contribution in [0, 0.1) is 18.3 Å². The van der Waals surface area contributed by atoms with Crippen LogP contribution in [-0.2, 0) is 0 Å². The molecule has 5 rings (SSSR count). The Morgan fingerprint density at radius 3 is 2.69 bits per heavy atom. The molecule has 4 aromatic heterocycles. The quantitative estimate of drug-likeness (QED) is 0.389. The third kappa shape index (κ3) is 3.80. The van der Waals surface area contributed by atoms with Gasteiger partial charge in [0.25, 0.3) is 5.56 Å². The number of nitrogen functional groups attached to an aromatic ring is 1. The summed E-state index contributed by atoms with van der Waals surface area (Å²) in [7, 11) is 0. The van der Waals surface area contributed by atoms with Gasteiger partial charge in [0.05, 0.1) is 16.9 Å². The largest absolute Gasteiger partial charge is 0.382 e. The molecule has 12 nitrogen and oxygen atoms in total. The maximum absolute atomic E-state index is 13.9. The summed E-state index contributed by atoms with van der Waals surface area (Å²) in [4.78, 5) is 35.2. The number of nitrogens with zero attached hydrogens (tertiary/aromatic N) is 8. The second kappa shape index (κ2) is 8.64. The maximum atomic E-state index is 13.9. The number of nitriles is 1. The van der Waals surface area contributed by atoms with Gasteiger partial charge >= 0.3 is 0 Å². The summed E-state index contributed by atoms with van der Waals surface area (Å²) < 4.78 is 6.37. The average Bonchev–Trinajstić information content (AvgIpc) is 3.38. The first-order valence-electron chi connectivity index (χ1n) is 10.5. The van der Waals surface area contributed by atoms with Crippen molar-refractivity contribution in [2.24, 2.45) is 0 Å². The van der Waals surface area contributed by atoms with Crippen molar-refractivity contribution in [2.45, 2.75) is 19.9 Å². The van der Waals surface area contributed by atoms with Crippen molar-refractivity contribution in [3.05, 3.63) is 76.8 Å². The third-order valence-corrected chi connectivity index (χ3v) is 5.40. The minimum atomic E-state index is -0.587. The van der Waals surface area contributed by atoms with Gasteiger partial charge in [0.1, 0.15) is 47.5 Å². The molecule has 0 saturated heterocycles. The van der Waals surface area contributed by atoms with E-state index in [1.54, 1.807) is 38.4 Å². The molecule has 0 fully saturated rings. The predicted octanol–water partition coefficient (Wildman–Crippen LogP) is 2.56. The Balaban J connectivity index is 1.73. The summed E-state index contributed by atoms with van der Waals surface area (Å²) in [5.41, 5.74) is 7.35. The van der Waals surface area contributed by atoms with Crippen molar-refractivity contribution in [3.63, 3.8) is 0 Å². The number of hydrogen-bond donors (Lipinski definition) is 2. The minimum absolute atomic E-state index is 0.0440. The van der Waals surface area contributed by atoms with E-state index in [1.807, 2.05) is 18.2 Å². The van der Waals surface area contributed by atoms with Crippen molar-refractivity contribution in [3.8, 4) is 23.0 Å². The van der Waals surface area contributed by atoms with Gasteiger partial charge in [0.15, 0.2) is 5.82 Å². The van der Waals surface area contributed by atoms with Crippen LogP contribution in [0.5, 0.6) is 0 Å². The van der Waals surface area contributed by atoms with Gasteiger partial charge in [-0.3, -0.25) is 4.79 Å². The van der Waals surface area contributed by atoms with Crippen LogP contribution in [0.4, 0.5) is 11.6 Å². The normalized spacial score (nSPS) is 11.8. The number of aromatic nitrogens is 7. The minimum Gasteiger partial charge on any atom is -0.382 e. The van der Waals surface area contributed by atoms with E-state index in [0.29, 0.717) is 33.7 Å². The van der Waals surface area contributed by atoms with Crippen molar-refractivity contribution in [1.29, 1.82) is 5.26 Å². The molecule has 0 radical (unpaired) electrons.